The van der Waals surface area contributed by atoms with Gasteiger partial charge in [0.2, 0.25) is 0 Å². The highest BCUT2D eigenvalue weighted by Gasteiger charge is 2.29. The number of anilines is 1. The van der Waals surface area contributed by atoms with Crippen LogP contribution in [0.3, 0.4) is 0 Å². The van der Waals surface area contributed by atoms with Gasteiger partial charge in [-0.25, -0.2) is 9.69 Å². The molecule has 0 spiro atoms. The van der Waals surface area contributed by atoms with Crippen LogP contribution in [-0.2, 0) is 4.79 Å². The van der Waals surface area contributed by atoms with Gasteiger partial charge in [0.05, 0.1) is 12.2 Å². The van der Waals surface area contributed by atoms with Gasteiger partial charge in [-0.2, -0.15) is 0 Å². The van der Waals surface area contributed by atoms with E-state index in [4.69, 9.17) is 5.73 Å². The average Bonchev–Trinajstić information content (AvgIpc) is 2.59. The number of hydrogen-bond donors (Lipinski definition) is 2. The summed E-state index contributed by atoms with van der Waals surface area (Å²) in [5.74, 6) is -0.237. The van der Waals surface area contributed by atoms with Crippen molar-refractivity contribution >= 4 is 17.6 Å². The lowest BCUT2D eigenvalue weighted by molar-refractivity contribution is -0.115. The Kier molecular flexibility index (Phi) is 2.62. The number of carbonyl (C=O) groups is 2. The largest absolute Gasteiger partial charge is 0.329 e. The zero-order valence-electron chi connectivity index (χ0n) is 8.93. The molecule has 1 heterocycles. The summed E-state index contributed by atoms with van der Waals surface area (Å²) in [5, 5.41) is 2.47. The third-order valence-electron chi connectivity index (χ3n) is 2.52. The van der Waals surface area contributed by atoms with Crippen molar-refractivity contribution in [3.8, 4) is 0 Å². The minimum absolute atomic E-state index is 0.0582. The molecule has 1 aromatic carbocycles. The normalized spacial score (nSPS) is 17.5. The molecule has 1 aliphatic rings. The zero-order valence-corrected chi connectivity index (χ0v) is 8.93. The summed E-state index contributed by atoms with van der Waals surface area (Å²) in [6, 6.07) is 6.65. The van der Waals surface area contributed by atoms with Crippen molar-refractivity contribution in [2.75, 3.05) is 11.4 Å². The molecule has 3 amide bonds. The smallest absolute Gasteiger partial charge is 0.328 e. The minimum Gasteiger partial charge on any atom is -0.328 e. The van der Waals surface area contributed by atoms with E-state index in [-0.39, 0.29) is 24.5 Å². The maximum atomic E-state index is 11.4. The van der Waals surface area contributed by atoms with Crippen LogP contribution in [0.1, 0.15) is 18.5 Å². The van der Waals surface area contributed by atoms with Gasteiger partial charge in [-0.15, -0.1) is 0 Å². The molecule has 1 fully saturated rings. The molecule has 5 heteroatoms. The fourth-order valence-electron chi connectivity index (χ4n) is 1.61. The number of nitrogens with one attached hydrogen (secondary N) is 1. The van der Waals surface area contributed by atoms with E-state index in [1.165, 1.54) is 0 Å². The Bertz CT molecular complexity index is 409. The van der Waals surface area contributed by atoms with Crippen molar-refractivity contribution in [1.82, 2.24) is 5.32 Å². The predicted molar refractivity (Wildman–Crippen MR) is 59.9 cm³/mol. The first-order chi connectivity index (χ1) is 7.59. The van der Waals surface area contributed by atoms with E-state index in [0.29, 0.717) is 5.69 Å². The highest BCUT2D eigenvalue weighted by Crippen LogP contribution is 2.19. The molecule has 3 N–H and O–H groups in total. The number of hydrogen-bond acceptors (Lipinski definition) is 3. The van der Waals surface area contributed by atoms with Crippen LogP contribution in [0.2, 0.25) is 0 Å². The second-order valence-electron chi connectivity index (χ2n) is 3.77. The first kappa shape index (κ1) is 10.6. The van der Waals surface area contributed by atoms with Crippen molar-refractivity contribution in [1.29, 1.82) is 0 Å². The summed E-state index contributed by atoms with van der Waals surface area (Å²) in [7, 11) is 0. The van der Waals surface area contributed by atoms with Crippen LogP contribution < -0.4 is 16.0 Å². The van der Waals surface area contributed by atoms with Crippen LogP contribution in [0.4, 0.5) is 10.5 Å². The Morgan fingerprint density at radius 2 is 1.94 bits per heavy atom. The van der Waals surface area contributed by atoms with Crippen LogP contribution in [0.15, 0.2) is 24.3 Å². The van der Waals surface area contributed by atoms with E-state index in [1.807, 2.05) is 19.1 Å². The van der Waals surface area contributed by atoms with Crippen molar-refractivity contribution < 1.29 is 9.59 Å². The number of rotatable bonds is 2. The minimum atomic E-state index is -0.376. The number of nitrogens with zero attached hydrogens (tertiary/aromatic N) is 1. The van der Waals surface area contributed by atoms with Gasteiger partial charge in [-0.05, 0) is 24.6 Å². The Morgan fingerprint density at radius 3 is 2.38 bits per heavy atom. The Morgan fingerprint density at radius 1 is 1.31 bits per heavy atom. The molecule has 0 radical (unpaired) electrons. The fraction of sp³-hybridized carbons (Fsp3) is 0.273. The lowest BCUT2D eigenvalue weighted by Gasteiger charge is -2.13. The van der Waals surface area contributed by atoms with E-state index >= 15 is 0 Å². The third kappa shape index (κ3) is 1.77. The van der Waals surface area contributed by atoms with Crippen molar-refractivity contribution in [3.05, 3.63) is 29.8 Å². The molecule has 5 nitrogen and oxygen atoms in total. The molecule has 0 bridgehead atoms. The number of carbonyl (C=O) groups excluding carboxylic acids is 2. The summed E-state index contributed by atoms with van der Waals surface area (Å²) in [5.41, 5.74) is 7.25. The second kappa shape index (κ2) is 3.94. The molecule has 2 rings (SSSR count). The molecule has 16 heavy (non-hydrogen) atoms. The molecule has 1 unspecified atom stereocenters. The lowest BCUT2D eigenvalue weighted by Crippen LogP contribution is -2.30. The van der Waals surface area contributed by atoms with Gasteiger partial charge in [-0.3, -0.25) is 4.79 Å². The monoisotopic (exact) mass is 219 g/mol. The van der Waals surface area contributed by atoms with Gasteiger partial charge in [0.15, 0.2) is 0 Å². The quantitative estimate of drug-likeness (QED) is 0.721. The summed E-state index contributed by atoms with van der Waals surface area (Å²) in [6.07, 6.45) is 0. The van der Waals surface area contributed by atoms with E-state index in [9.17, 15) is 9.59 Å². The number of benzene rings is 1. The van der Waals surface area contributed by atoms with E-state index in [0.717, 1.165) is 10.5 Å². The molecule has 0 aliphatic carbocycles. The van der Waals surface area contributed by atoms with E-state index < -0.39 is 0 Å². The fourth-order valence-corrected chi connectivity index (χ4v) is 1.61. The first-order valence-electron chi connectivity index (χ1n) is 5.06. The Labute approximate surface area is 93.2 Å². The summed E-state index contributed by atoms with van der Waals surface area (Å²) in [4.78, 5) is 23.9. The van der Waals surface area contributed by atoms with E-state index in [1.54, 1.807) is 12.1 Å². The molecular weight excluding hydrogens is 206 g/mol. The van der Waals surface area contributed by atoms with Gasteiger partial charge in [-0.1, -0.05) is 12.1 Å². The summed E-state index contributed by atoms with van der Waals surface area (Å²) >= 11 is 0. The highest BCUT2D eigenvalue weighted by molar-refractivity contribution is 6.19. The summed E-state index contributed by atoms with van der Waals surface area (Å²) in [6.45, 7) is 1.94. The van der Waals surface area contributed by atoms with Gasteiger partial charge >= 0.3 is 6.03 Å². The zero-order chi connectivity index (χ0) is 11.7. The Hall–Kier alpha value is -1.88. The maximum absolute atomic E-state index is 11.4. The van der Waals surface area contributed by atoms with Crippen LogP contribution >= 0.6 is 0 Å². The van der Waals surface area contributed by atoms with Gasteiger partial charge < -0.3 is 11.1 Å². The maximum Gasteiger partial charge on any atom is 0.329 e. The number of urea groups is 1. The van der Waals surface area contributed by atoms with Crippen LogP contribution in [0.5, 0.6) is 0 Å². The van der Waals surface area contributed by atoms with Crippen molar-refractivity contribution in [3.63, 3.8) is 0 Å². The standard InChI is InChI=1S/C11H13N3O2/c1-7(12)8-2-4-9(5-3-8)14-10(15)6-13-11(14)16/h2-5,7H,6,12H2,1H3,(H,13,16). The SMILES string of the molecule is CC(N)c1ccc(N2C(=O)CNC2=O)cc1. The molecule has 1 aromatic rings. The summed E-state index contributed by atoms with van der Waals surface area (Å²) < 4.78 is 0. The van der Waals surface area contributed by atoms with Crippen molar-refractivity contribution in [2.45, 2.75) is 13.0 Å². The van der Waals surface area contributed by atoms with Crippen molar-refractivity contribution in [2.24, 2.45) is 5.73 Å². The van der Waals surface area contributed by atoms with Crippen LogP contribution in [0.25, 0.3) is 0 Å². The average molecular weight is 219 g/mol. The molecular formula is C11H13N3O2. The van der Waals surface area contributed by atoms with E-state index in [2.05, 4.69) is 5.32 Å². The van der Waals surface area contributed by atoms with Gasteiger partial charge in [0.1, 0.15) is 0 Å². The number of nitrogens with two attached hydrogens (primary N) is 1. The molecule has 1 saturated heterocycles. The molecule has 0 saturated carbocycles. The second-order valence-corrected chi connectivity index (χ2v) is 3.77. The molecule has 1 aliphatic heterocycles. The van der Waals surface area contributed by atoms with Gasteiger partial charge in [0.25, 0.3) is 5.91 Å². The topological polar surface area (TPSA) is 75.4 Å². The predicted octanol–water partition coefficient (Wildman–Crippen LogP) is 0.763. The third-order valence-corrected chi connectivity index (χ3v) is 2.52. The van der Waals surface area contributed by atoms with Crippen LogP contribution in [-0.4, -0.2) is 18.5 Å². The number of amides is 3. The lowest BCUT2D eigenvalue weighted by atomic mass is 10.1. The molecule has 1 atom stereocenters. The van der Waals surface area contributed by atoms with Crippen LogP contribution in [0, 0.1) is 0 Å². The molecule has 84 valence electrons. The Balaban J connectivity index is 2.28. The highest BCUT2D eigenvalue weighted by atomic mass is 16.2. The number of imide groups is 1. The first-order valence-corrected chi connectivity index (χ1v) is 5.06. The van der Waals surface area contributed by atoms with Gasteiger partial charge in [0, 0.05) is 6.04 Å². The molecule has 0 aromatic heterocycles.